The quantitative estimate of drug-likeness (QED) is 0.766. The van der Waals surface area contributed by atoms with E-state index in [9.17, 15) is 0 Å². The molecular formula is C11H18N2. The molecule has 1 aromatic rings. The maximum Gasteiger partial charge on any atom is 0.0300 e. The summed E-state index contributed by atoms with van der Waals surface area (Å²) in [5.41, 5.74) is 2.61. The van der Waals surface area contributed by atoms with Crippen molar-refractivity contribution in [3.63, 3.8) is 0 Å². The number of nitrogens with one attached hydrogen (secondary N) is 1. The highest BCUT2D eigenvalue weighted by molar-refractivity contribution is 5.24. The lowest BCUT2D eigenvalue weighted by molar-refractivity contribution is 0.568. The van der Waals surface area contributed by atoms with Gasteiger partial charge in [0, 0.05) is 18.4 Å². The zero-order chi connectivity index (χ0) is 9.68. The topological polar surface area (TPSA) is 24.9 Å². The summed E-state index contributed by atoms with van der Waals surface area (Å²) >= 11 is 0. The van der Waals surface area contributed by atoms with Gasteiger partial charge < -0.3 is 5.32 Å². The molecule has 2 heteroatoms. The standard InChI is InChI=1S/C11H18N2/c1-4-6-13-10(3)11-5-7-12-8-9(11)2/h5,7-8,10,13H,4,6H2,1-3H3. The van der Waals surface area contributed by atoms with E-state index in [0.29, 0.717) is 6.04 Å². The fourth-order valence-electron chi connectivity index (χ4n) is 1.44. The van der Waals surface area contributed by atoms with Crippen molar-refractivity contribution in [2.75, 3.05) is 6.54 Å². The summed E-state index contributed by atoms with van der Waals surface area (Å²) in [5, 5.41) is 3.46. The molecule has 2 nitrogen and oxygen atoms in total. The van der Waals surface area contributed by atoms with Gasteiger partial charge in [0.15, 0.2) is 0 Å². The Labute approximate surface area is 80.4 Å². The van der Waals surface area contributed by atoms with Crippen LogP contribution in [0.3, 0.4) is 0 Å². The van der Waals surface area contributed by atoms with Crippen LogP contribution in [0.15, 0.2) is 18.5 Å². The van der Waals surface area contributed by atoms with Crippen LogP contribution >= 0.6 is 0 Å². The molecule has 1 N–H and O–H groups in total. The van der Waals surface area contributed by atoms with Crippen LogP contribution < -0.4 is 5.32 Å². The molecule has 72 valence electrons. The molecule has 0 aromatic carbocycles. The van der Waals surface area contributed by atoms with Gasteiger partial charge in [0.1, 0.15) is 0 Å². The van der Waals surface area contributed by atoms with Crippen LogP contribution in [0.1, 0.15) is 37.4 Å². The molecule has 0 aliphatic rings. The molecule has 0 aliphatic heterocycles. The average Bonchev–Trinajstić information content (AvgIpc) is 2.15. The summed E-state index contributed by atoms with van der Waals surface area (Å²) in [7, 11) is 0. The molecule has 13 heavy (non-hydrogen) atoms. The predicted octanol–water partition coefficient (Wildman–Crippen LogP) is 2.45. The van der Waals surface area contributed by atoms with Crippen molar-refractivity contribution in [2.24, 2.45) is 0 Å². The second kappa shape index (κ2) is 4.97. The summed E-state index contributed by atoms with van der Waals surface area (Å²) in [4.78, 5) is 4.08. The number of pyridine rings is 1. The second-order valence-corrected chi connectivity index (χ2v) is 3.41. The first-order valence-electron chi connectivity index (χ1n) is 4.89. The van der Waals surface area contributed by atoms with E-state index in [1.807, 2.05) is 12.4 Å². The molecular weight excluding hydrogens is 160 g/mol. The second-order valence-electron chi connectivity index (χ2n) is 3.41. The third-order valence-electron chi connectivity index (χ3n) is 2.23. The van der Waals surface area contributed by atoms with Crippen LogP contribution in [0.5, 0.6) is 0 Å². The van der Waals surface area contributed by atoms with E-state index in [1.54, 1.807) is 0 Å². The summed E-state index contributed by atoms with van der Waals surface area (Å²) in [6.45, 7) is 7.55. The number of aromatic nitrogens is 1. The lowest BCUT2D eigenvalue weighted by Gasteiger charge is -2.15. The Morgan fingerprint density at radius 1 is 1.54 bits per heavy atom. The van der Waals surface area contributed by atoms with Crippen molar-refractivity contribution in [2.45, 2.75) is 33.2 Å². The lowest BCUT2D eigenvalue weighted by Crippen LogP contribution is -2.20. The Balaban J connectivity index is 2.65. The SMILES string of the molecule is CCCNC(C)c1ccncc1C. The maximum absolute atomic E-state index is 4.08. The minimum atomic E-state index is 0.433. The normalized spacial score (nSPS) is 12.8. The van der Waals surface area contributed by atoms with Gasteiger partial charge >= 0.3 is 0 Å². The van der Waals surface area contributed by atoms with E-state index >= 15 is 0 Å². The largest absolute Gasteiger partial charge is 0.310 e. The molecule has 0 spiro atoms. The van der Waals surface area contributed by atoms with Crippen molar-refractivity contribution in [1.29, 1.82) is 0 Å². The van der Waals surface area contributed by atoms with Gasteiger partial charge in [-0.3, -0.25) is 4.98 Å². The van der Waals surface area contributed by atoms with Crippen LogP contribution in [0.2, 0.25) is 0 Å². The van der Waals surface area contributed by atoms with Gasteiger partial charge in [0.25, 0.3) is 0 Å². The van der Waals surface area contributed by atoms with E-state index in [0.717, 1.165) is 6.54 Å². The Hall–Kier alpha value is -0.890. The summed E-state index contributed by atoms with van der Waals surface area (Å²) in [6.07, 6.45) is 4.94. The fraction of sp³-hybridized carbons (Fsp3) is 0.545. The molecule has 1 aromatic heterocycles. The molecule has 0 bridgehead atoms. The Morgan fingerprint density at radius 2 is 2.31 bits per heavy atom. The van der Waals surface area contributed by atoms with Crippen LogP contribution in [0.25, 0.3) is 0 Å². The third-order valence-corrected chi connectivity index (χ3v) is 2.23. The van der Waals surface area contributed by atoms with Crippen LogP contribution in [-0.4, -0.2) is 11.5 Å². The maximum atomic E-state index is 4.08. The van der Waals surface area contributed by atoms with Crippen molar-refractivity contribution >= 4 is 0 Å². The zero-order valence-electron chi connectivity index (χ0n) is 8.67. The van der Waals surface area contributed by atoms with E-state index in [-0.39, 0.29) is 0 Å². The number of nitrogens with zero attached hydrogens (tertiary/aromatic N) is 1. The van der Waals surface area contributed by atoms with Crippen LogP contribution in [0.4, 0.5) is 0 Å². The zero-order valence-corrected chi connectivity index (χ0v) is 8.67. The summed E-state index contributed by atoms with van der Waals surface area (Å²) < 4.78 is 0. The predicted molar refractivity (Wildman–Crippen MR) is 55.7 cm³/mol. The van der Waals surface area contributed by atoms with Crippen molar-refractivity contribution in [1.82, 2.24) is 10.3 Å². The van der Waals surface area contributed by atoms with Gasteiger partial charge in [-0.1, -0.05) is 6.92 Å². The van der Waals surface area contributed by atoms with Gasteiger partial charge in [-0.2, -0.15) is 0 Å². The molecule has 1 unspecified atom stereocenters. The van der Waals surface area contributed by atoms with Crippen LogP contribution in [-0.2, 0) is 0 Å². The first-order chi connectivity index (χ1) is 6.25. The van der Waals surface area contributed by atoms with E-state index < -0.39 is 0 Å². The minimum Gasteiger partial charge on any atom is -0.310 e. The van der Waals surface area contributed by atoms with Crippen molar-refractivity contribution in [3.05, 3.63) is 29.6 Å². The molecule has 0 fully saturated rings. The Bertz CT molecular complexity index is 258. The first kappa shape index (κ1) is 10.2. The van der Waals surface area contributed by atoms with Gasteiger partial charge in [-0.15, -0.1) is 0 Å². The highest BCUT2D eigenvalue weighted by Gasteiger charge is 2.05. The molecule has 0 aliphatic carbocycles. The van der Waals surface area contributed by atoms with E-state index in [2.05, 4.69) is 37.1 Å². The number of hydrogen-bond acceptors (Lipinski definition) is 2. The van der Waals surface area contributed by atoms with E-state index in [1.165, 1.54) is 17.5 Å². The number of aryl methyl sites for hydroxylation is 1. The molecule has 0 amide bonds. The highest BCUT2D eigenvalue weighted by atomic mass is 14.9. The minimum absolute atomic E-state index is 0.433. The Morgan fingerprint density at radius 3 is 2.92 bits per heavy atom. The van der Waals surface area contributed by atoms with Gasteiger partial charge in [-0.25, -0.2) is 0 Å². The van der Waals surface area contributed by atoms with Crippen LogP contribution in [0, 0.1) is 6.92 Å². The molecule has 0 saturated heterocycles. The lowest BCUT2D eigenvalue weighted by atomic mass is 10.1. The smallest absolute Gasteiger partial charge is 0.0300 e. The average molecular weight is 178 g/mol. The summed E-state index contributed by atoms with van der Waals surface area (Å²) in [6, 6.07) is 2.52. The molecule has 1 heterocycles. The van der Waals surface area contributed by atoms with Gasteiger partial charge in [0.05, 0.1) is 0 Å². The molecule has 0 saturated carbocycles. The highest BCUT2D eigenvalue weighted by Crippen LogP contribution is 2.14. The molecule has 1 atom stereocenters. The third kappa shape index (κ3) is 2.81. The number of hydrogen-bond donors (Lipinski definition) is 1. The number of rotatable bonds is 4. The molecule has 0 radical (unpaired) electrons. The fourth-order valence-corrected chi connectivity index (χ4v) is 1.44. The van der Waals surface area contributed by atoms with Crippen molar-refractivity contribution < 1.29 is 0 Å². The van der Waals surface area contributed by atoms with Gasteiger partial charge in [-0.05, 0) is 44.0 Å². The monoisotopic (exact) mass is 178 g/mol. The first-order valence-corrected chi connectivity index (χ1v) is 4.89. The van der Waals surface area contributed by atoms with E-state index in [4.69, 9.17) is 0 Å². The Kier molecular flexibility index (Phi) is 3.90. The summed E-state index contributed by atoms with van der Waals surface area (Å²) in [5.74, 6) is 0. The molecule has 1 rings (SSSR count). The van der Waals surface area contributed by atoms with Crippen molar-refractivity contribution in [3.8, 4) is 0 Å². The van der Waals surface area contributed by atoms with Gasteiger partial charge in [0.2, 0.25) is 0 Å².